The van der Waals surface area contributed by atoms with E-state index in [-0.39, 0.29) is 32.9 Å². The van der Waals surface area contributed by atoms with Crippen molar-refractivity contribution in [2.24, 2.45) is 0 Å². The van der Waals surface area contributed by atoms with Crippen LogP contribution in [-0.2, 0) is 0 Å². The first-order chi connectivity index (χ1) is 29.1. The molecule has 46 heavy (non-hydrogen) atoms. The van der Waals surface area contributed by atoms with Crippen LogP contribution in [0.25, 0.3) is 98.8 Å². The summed E-state index contributed by atoms with van der Waals surface area (Å²) in [7, 11) is 0. The molecule has 0 amide bonds. The summed E-state index contributed by atoms with van der Waals surface area (Å²) in [5, 5.41) is -0.116. The maximum atomic E-state index is 9.50. The zero-order valence-corrected chi connectivity index (χ0v) is 23.7. The van der Waals surface area contributed by atoms with Crippen molar-refractivity contribution in [1.82, 2.24) is 0 Å². The van der Waals surface area contributed by atoms with Gasteiger partial charge in [-0.05, 0) is 73.2 Å². The van der Waals surface area contributed by atoms with Crippen LogP contribution in [0.5, 0.6) is 0 Å². The number of furan rings is 2. The van der Waals surface area contributed by atoms with Crippen LogP contribution in [0, 0.1) is 0 Å². The Morgan fingerprint density at radius 3 is 1.76 bits per heavy atom. The molecule has 10 rings (SSSR count). The highest BCUT2D eigenvalue weighted by atomic mass is 16.3. The highest BCUT2D eigenvalue weighted by Gasteiger charge is 2.25. The highest BCUT2D eigenvalue weighted by Crippen LogP contribution is 2.50. The number of benzene rings is 8. The quantitative estimate of drug-likeness (QED) is 0.188. The molecule has 0 spiro atoms. The lowest BCUT2D eigenvalue weighted by Crippen LogP contribution is -1.91. The molecule has 214 valence electrons. The Balaban J connectivity index is 1.50. The van der Waals surface area contributed by atoms with Crippen molar-refractivity contribution >= 4 is 65.2 Å². The molecule has 0 atom stereocenters. The van der Waals surface area contributed by atoms with E-state index in [0.29, 0.717) is 38.6 Å². The summed E-state index contributed by atoms with van der Waals surface area (Å²) in [6.07, 6.45) is 0. The van der Waals surface area contributed by atoms with Gasteiger partial charge in [0.15, 0.2) is 0 Å². The van der Waals surface area contributed by atoms with Crippen LogP contribution >= 0.6 is 0 Å². The zero-order chi connectivity index (χ0) is 43.2. The van der Waals surface area contributed by atoms with Crippen molar-refractivity contribution in [3.8, 4) is 33.6 Å². The van der Waals surface area contributed by atoms with Gasteiger partial charge in [-0.15, -0.1) is 0 Å². The molecule has 2 nitrogen and oxygen atoms in total. The molecular weight excluding hydrogens is 560 g/mol. The number of rotatable bonds is 3. The molecule has 0 N–H and O–H groups in total. The minimum absolute atomic E-state index is 0.0132. The largest absolute Gasteiger partial charge is 0.456 e. The average Bonchev–Trinajstić information content (AvgIpc) is 3.81. The van der Waals surface area contributed by atoms with E-state index in [1.807, 2.05) is 24.3 Å². The second kappa shape index (κ2) is 9.69. The van der Waals surface area contributed by atoms with E-state index < -0.39 is 113 Å². The summed E-state index contributed by atoms with van der Waals surface area (Å²) in [4.78, 5) is 0. The standard InChI is InChI=1S/C44H26O2/c1-2-13-28(14-3-1)42-37-26-39-36(31-16-10-11-21-38(31)45-39)25-40(37)46-44(42)43-34-19-8-6-17-32(34)41(33-18-7-9-20-35(33)43)30-23-22-27-12-4-5-15-29(27)24-30/h1-26H/i4D,5D,6D,7D,8D,9D,12D,15D,17D,18D,19D,20D,22D,23D,24D. The number of hydrogen-bond acceptors (Lipinski definition) is 2. The molecule has 0 bridgehead atoms. The topological polar surface area (TPSA) is 26.3 Å². The maximum absolute atomic E-state index is 9.50. The molecule has 0 unspecified atom stereocenters. The lowest BCUT2D eigenvalue weighted by Gasteiger charge is -2.17. The second-order valence-electron chi connectivity index (χ2n) is 10.9. The Morgan fingerprint density at radius 2 is 1.00 bits per heavy atom. The lowest BCUT2D eigenvalue weighted by molar-refractivity contribution is 0.633. The monoisotopic (exact) mass is 601 g/mol. The molecule has 0 aliphatic carbocycles. The third-order valence-corrected chi connectivity index (χ3v) is 8.35. The third kappa shape index (κ3) is 3.65. The van der Waals surface area contributed by atoms with E-state index in [4.69, 9.17) is 21.2 Å². The van der Waals surface area contributed by atoms with Gasteiger partial charge in [-0.1, -0.05) is 133 Å². The Morgan fingerprint density at radius 1 is 0.391 bits per heavy atom. The molecule has 2 aromatic heterocycles. The molecular formula is C44H26O2. The minimum atomic E-state index is -0.763. The van der Waals surface area contributed by atoms with Crippen molar-refractivity contribution in [1.29, 1.82) is 0 Å². The predicted molar refractivity (Wildman–Crippen MR) is 192 cm³/mol. The summed E-state index contributed by atoms with van der Waals surface area (Å²) >= 11 is 0. The van der Waals surface area contributed by atoms with E-state index in [1.165, 1.54) is 0 Å². The van der Waals surface area contributed by atoms with E-state index in [2.05, 4.69) is 0 Å². The fourth-order valence-corrected chi connectivity index (χ4v) is 6.39. The number of hydrogen-bond donors (Lipinski definition) is 0. The van der Waals surface area contributed by atoms with Gasteiger partial charge in [-0.2, -0.15) is 0 Å². The first-order valence-corrected chi connectivity index (χ1v) is 14.5. The molecule has 0 aliphatic rings. The number of para-hydroxylation sites is 1. The average molecular weight is 602 g/mol. The van der Waals surface area contributed by atoms with Crippen LogP contribution in [0.4, 0.5) is 0 Å². The van der Waals surface area contributed by atoms with Gasteiger partial charge in [0.2, 0.25) is 0 Å². The third-order valence-electron chi connectivity index (χ3n) is 8.35. The van der Waals surface area contributed by atoms with Gasteiger partial charge >= 0.3 is 0 Å². The van der Waals surface area contributed by atoms with Crippen molar-refractivity contribution in [2.75, 3.05) is 0 Å². The highest BCUT2D eigenvalue weighted by molar-refractivity contribution is 6.24. The van der Waals surface area contributed by atoms with Gasteiger partial charge in [0.25, 0.3) is 0 Å². The molecule has 10 aromatic rings. The minimum Gasteiger partial charge on any atom is -0.456 e. The Labute approximate surface area is 285 Å². The van der Waals surface area contributed by atoms with Crippen LogP contribution < -0.4 is 0 Å². The Bertz CT molecular complexity index is 3570. The van der Waals surface area contributed by atoms with Gasteiger partial charge in [0, 0.05) is 27.3 Å². The van der Waals surface area contributed by atoms with Crippen LogP contribution in [0.1, 0.15) is 20.6 Å². The Kier molecular flexibility index (Phi) is 3.11. The van der Waals surface area contributed by atoms with E-state index >= 15 is 0 Å². The molecule has 0 saturated heterocycles. The van der Waals surface area contributed by atoms with Gasteiger partial charge in [-0.25, -0.2) is 0 Å². The normalized spacial score (nSPS) is 16.5. The summed E-state index contributed by atoms with van der Waals surface area (Å²) in [6.45, 7) is 0. The second-order valence-corrected chi connectivity index (χ2v) is 10.9. The fourth-order valence-electron chi connectivity index (χ4n) is 6.39. The van der Waals surface area contributed by atoms with Crippen molar-refractivity contribution in [2.45, 2.75) is 0 Å². The smallest absolute Gasteiger partial charge is 0.144 e. The van der Waals surface area contributed by atoms with Crippen LogP contribution in [-0.4, -0.2) is 0 Å². The zero-order valence-electron chi connectivity index (χ0n) is 38.7. The maximum Gasteiger partial charge on any atom is 0.144 e. The Hall–Kier alpha value is -6.12. The molecule has 2 heteroatoms. The first-order valence-electron chi connectivity index (χ1n) is 22.0. The van der Waals surface area contributed by atoms with E-state index in [1.54, 1.807) is 42.5 Å². The summed E-state index contributed by atoms with van der Waals surface area (Å²) < 4.78 is 148. The van der Waals surface area contributed by atoms with Crippen LogP contribution in [0.15, 0.2) is 166 Å². The van der Waals surface area contributed by atoms with Crippen molar-refractivity contribution in [3.05, 3.63) is 157 Å². The van der Waals surface area contributed by atoms with Crippen LogP contribution in [0.2, 0.25) is 0 Å². The van der Waals surface area contributed by atoms with Gasteiger partial charge < -0.3 is 8.83 Å². The van der Waals surface area contributed by atoms with Gasteiger partial charge in [0.1, 0.15) is 22.5 Å². The molecule has 2 heterocycles. The molecule has 0 radical (unpaired) electrons. The summed E-state index contributed by atoms with van der Waals surface area (Å²) in [5.74, 6) is -0.0132. The van der Waals surface area contributed by atoms with Gasteiger partial charge in [0.05, 0.1) is 20.6 Å². The van der Waals surface area contributed by atoms with Crippen molar-refractivity contribution < 1.29 is 29.4 Å². The predicted octanol–water partition coefficient (Wildman–Crippen LogP) is 12.8. The van der Waals surface area contributed by atoms with E-state index in [9.17, 15) is 8.22 Å². The summed E-state index contributed by atoms with van der Waals surface area (Å²) in [6, 6.07) is 9.49. The fraction of sp³-hybridized carbons (Fsp3) is 0. The molecule has 0 saturated carbocycles. The molecule has 8 aromatic carbocycles. The molecule has 0 aliphatic heterocycles. The van der Waals surface area contributed by atoms with Crippen LogP contribution in [0.3, 0.4) is 0 Å². The molecule has 0 fully saturated rings. The SMILES string of the molecule is [2H]c1c([2H])c([2H])c2c([2H])c(-c3c4c([2H])c([2H])c([2H])c([2H])c4c(-c4oc5cc6c(cc5c4-c4ccccc4)oc4ccccc46)c4c([2H])c([2H])c([2H])c([2H])c34)c([2H])c([2H])c2c1[2H]. The lowest BCUT2D eigenvalue weighted by atomic mass is 9.85. The summed E-state index contributed by atoms with van der Waals surface area (Å²) in [5.41, 5.74) is 1.40. The van der Waals surface area contributed by atoms with E-state index in [0.717, 1.165) is 5.39 Å². The van der Waals surface area contributed by atoms with Crippen molar-refractivity contribution in [3.63, 3.8) is 0 Å². The first kappa shape index (κ1) is 14.8. The van der Waals surface area contributed by atoms with Gasteiger partial charge in [-0.3, -0.25) is 0 Å². The number of fused-ring (bicyclic) bond motifs is 7.